The number of rotatable bonds is 8. The molecule has 0 saturated carbocycles. The third-order valence-electron chi connectivity index (χ3n) is 3.62. The van der Waals surface area contributed by atoms with Gasteiger partial charge < -0.3 is 10.7 Å². The average Bonchev–Trinajstić information content (AvgIpc) is 2.93. The summed E-state index contributed by atoms with van der Waals surface area (Å²) in [7, 11) is 0. The lowest BCUT2D eigenvalue weighted by Crippen LogP contribution is -2.38. The zero-order chi connectivity index (χ0) is 19.3. The summed E-state index contributed by atoms with van der Waals surface area (Å²) in [5, 5.41) is 8.56. The van der Waals surface area contributed by atoms with Crippen molar-refractivity contribution < 1.29 is 9.18 Å². The first-order valence-electron chi connectivity index (χ1n) is 8.65. The Labute approximate surface area is 157 Å². The molecule has 6 nitrogen and oxygen atoms in total. The summed E-state index contributed by atoms with van der Waals surface area (Å²) in [6.45, 7) is 9.85. The summed E-state index contributed by atoms with van der Waals surface area (Å²) >= 11 is 1.26. The van der Waals surface area contributed by atoms with E-state index in [-0.39, 0.29) is 17.5 Å². The van der Waals surface area contributed by atoms with E-state index in [4.69, 9.17) is 5.84 Å². The molecule has 1 amide bonds. The highest BCUT2D eigenvalue weighted by Gasteiger charge is 2.19. The predicted octanol–water partition coefficient (Wildman–Crippen LogP) is 3.03. The summed E-state index contributed by atoms with van der Waals surface area (Å²) in [5.74, 6) is 7.28. The van der Waals surface area contributed by atoms with Crippen LogP contribution in [0.5, 0.6) is 0 Å². The van der Waals surface area contributed by atoms with Gasteiger partial charge in [-0.1, -0.05) is 39.5 Å². The van der Waals surface area contributed by atoms with Crippen LogP contribution in [0.25, 0.3) is 11.4 Å². The van der Waals surface area contributed by atoms with Gasteiger partial charge in [0, 0.05) is 18.7 Å². The minimum Gasteiger partial charge on any atom is -0.341 e. The second kappa shape index (κ2) is 9.02. The number of amides is 1. The number of hydrogen-bond donors (Lipinski definition) is 1. The van der Waals surface area contributed by atoms with E-state index in [2.05, 4.69) is 37.9 Å². The molecule has 0 bridgehead atoms. The standard InChI is InChI=1S/C18H26FN5OS/c1-12(2)9-23(10-13(3)4)16(25)11-26-18-22-21-17(24(18)20)14-5-7-15(19)8-6-14/h5-8,12-13H,9-11,20H2,1-4H3. The molecule has 0 radical (unpaired) electrons. The highest BCUT2D eigenvalue weighted by atomic mass is 32.2. The normalized spacial score (nSPS) is 11.3. The Morgan fingerprint density at radius 2 is 1.73 bits per heavy atom. The van der Waals surface area contributed by atoms with Gasteiger partial charge in [0.05, 0.1) is 5.75 Å². The Kier molecular flexibility index (Phi) is 7.02. The molecule has 8 heteroatoms. The maximum absolute atomic E-state index is 13.1. The van der Waals surface area contributed by atoms with Crippen molar-refractivity contribution in [1.82, 2.24) is 19.8 Å². The predicted molar refractivity (Wildman–Crippen MR) is 103 cm³/mol. The van der Waals surface area contributed by atoms with Gasteiger partial charge in [0.2, 0.25) is 11.1 Å². The van der Waals surface area contributed by atoms with Crippen molar-refractivity contribution in [1.29, 1.82) is 0 Å². The third kappa shape index (κ3) is 5.45. The molecule has 1 heterocycles. The van der Waals surface area contributed by atoms with Crippen LogP contribution in [0.3, 0.4) is 0 Å². The highest BCUT2D eigenvalue weighted by Crippen LogP contribution is 2.22. The monoisotopic (exact) mass is 379 g/mol. The smallest absolute Gasteiger partial charge is 0.233 e. The van der Waals surface area contributed by atoms with Crippen molar-refractivity contribution in [3.63, 3.8) is 0 Å². The van der Waals surface area contributed by atoms with Crippen molar-refractivity contribution in [2.75, 3.05) is 24.7 Å². The number of hydrogen-bond acceptors (Lipinski definition) is 5. The molecule has 0 aliphatic carbocycles. The summed E-state index contributed by atoms with van der Waals surface area (Å²) in [5.41, 5.74) is 0.667. The minimum atomic E-state index is -0.326. The van der Waals surface area contributed by atoms with Gasteiger partial charge in [0.25, 0.3) is 0 Å². The zero-order valence-corrected chi connectivity index (χ0v) is 16.5. The third-order valence-corrected chi connectivity index (χ3v) is 4.54. The molecule has 2 N–H and O–H groups in total. The van der Waals surface area contributed by atoms with Crippen LogP contribution in [0.2, 0.25) is 0 Å². The molecule has 0 unspecified atom stereocenters. The quantitative estimate of drug-likeness (QED) is 0.563. The molecule has 26 heavy (non-hydrogen) atoms. The topological polar surface area (TPSA) is 77.0 Å². The Bertz CT molecular complexity index is 720. The fourth-order valence-corrected chi connectivity index (χ4v) is 3.31. The molecule has 0 saturated heterocycles. The van der Waals surface area contributed by atoms with E-state index < -0.39 is 0 Å². The van der Waals surface area contributed by atoms with E-state index in [1.54, 1.807) is 12.1 Å². The van der Waals surface area contributed by atoms with Crippen molar-refractivity contribution >= 4 is 17.7 Å². The number of nitrogen functional groups attached to an aromatic ring is 1. The van der Waals surface area contributed by atoms with Crippen LogP contribution in [0.1, 0.15) is 27.7 Å². The number of nitrogens with two attached hydrogens (primary N) is 1. The van der Waals surface area contributed by atoms with Gasteiger partial charge in [-0.3, -0.25) is 4.79 Å². The first kappa shape index (κ1) is 20.2. The van der Waals surface area contributed by atoms with Gasteiger partial charge in [-0.15, -0.1) is 10.2 Å². The Hall–Kier alpha value is -2.09. The summed E-state index contributed by atoms with van der Waals surface area (Å²) in [6, 6.07) is 5.87. The lowest BCUT2D eigenvalue weighted by atomic mass is 10.1. The van der Waals surface area contributed by atoms with Gasteiger partial charge in [0.1, 0.15) is 5.82 Å². The van der Waals surface area contributed by atoms with Crippen LogP contribution in [0, 0.1) is 17.7 Å². The minimum absolute atomic E-state index is 0.0590. The van der Waals surface area contributed by atoms with E-state index in [1.165, 1.54) is 28.6 Å². The molecule has 1 aromatic heterocycles. The van der Waals surface area contributed by atoms with Gasteiger partial charge in [0.15, 0.2) is 5.82 Å². The van der Waals surface area contributed by atoms with E-state index in [0.717, 1.165) is 13.1 Å². The second-order valence-electron chi connectivity index (χ2n) is 7.06. The molecule has 0 aliphatic heterocycles. The lowest BCUT2D eigenvalue weighted by molar-refractivity contribution is -0.129. The molecule has 0 spiro atoms. The van der Waals surface area contributed by atoms with Crippen LogP contribution < -0.4 is 5.84 Å². The maximum Gasteiger partial charge on any atom is 0.233 e. The second-order valence-corrected chi connectivity index (χ2v) is 8.00. The number of aromatic nitrogens is 3. The molecular weight excluding hydrogens is 353 g/mol. The molecule has 1 aromatic carbocycles. The van der Waals surface area contributed by atoms with Crippen molar-refractivity contribution in [3.05, 3.63) is 30.1 Å². The van der Waals surface area contributed by atoms with E-state index in [9.17, 15) is 9.18 Å². The first-order valence-corrected chi connectivity index (χ1v) is 9.63. The molecule has 0 fully saturated rings. The number of thioether (sulfide) groups is 1. The number of carbonyl (C=O) groups excluding carboxylic acids is 1. The Morgan fingerprint density at radius 1 is 1.15 bits per heavy atom. The summed E-state index contributed by atoms with van der Waals surface area (Å²) < 4.78 is 14.4. The molecule has 2 aromatic rings. The molecule has 0 aliphatic rings. The SMILES string of the molecule is CC(C)CN(CC(C)C)C(=O)CSc1nnc(-c2ccc(F)cc2)n1N. The van der Waals surface area contributed by atoms with Crippen molar-refractivity contribution in [2.45, 2.75) is 32.9 Å². The fourth-order valence-electron chi connectivity index (χ4n) is 2.55. The van der Waals surface area contributed by atoms with E-state index in [1.807, 2.05) is 4.90 Å². The highest BCUT2D eigenvalue weighted by molar-refractivity contribution is 7.99. The van der Waals surface area contributed by atoms with E-state index in [0.29, 0.717) is 28.4 Å². The molecule has 0 atom stereocenters. The van der Waals surface area contributed by atoms with Gasteiger partial charge >= 0.3 is 0 Å². The molecule has 142 valence electrons. The number of nitrogens with zero attached hydrogens (tertiary/aromatic N) is 4. The van der Waals surface area contributed by atoms with Crippen LogP contribution in [0.15, 0.2) is 29.4 Å². The van der Waals surface area contributed by atoms with Crippen LogP contribution in [-0.2, 0) is 4.79 Å². The lowest BCUT2D eigenvalue weighted by Gasteiger charge is -2.26. The van der Waals surface area contributed by atoms with Crippen molar-refractivity contribution in [2.24, 2.45) is 11.8 Å². The van der Waals surface area contributed by atoms with Gasteiger partial charge in [-0.05, 0) is 36.1 Å². The molecule has 2 rings (SSSR count). The zero-order valence-electron chi connectivity index (χ0n) is 15.6. The number of halogens is 1. The summed E-state index contributed by atoms with van der Waals surface area (Å²) in [4.78, 5) is 14.5. The van der Waals surface area contributed by atoms with Gasteiger partial charge in [-0.25, -0.2) is 9.07 Å². The molecular formula is C18H26FN5OS. The maximum atomic E-state index is 13.1. The van der Waals surface area contributed by atoms with Crippen LogP contribution >= 0.6 is 11.8 Å². The van der Waals surface area contributed by atoms with E-state index >= 15 is 0 Å². The Balaban J connectivity index is 2.04. The summed E-state index contributed by atoms with van der Waals surface area (Å²) in [6.07, 6.45) is 0. The van der Waals surface area contributed by atoms with Crippen LogP contribution in [-0.4, -0.2) is 44.5 Å². The van der Waals surface area contributed by atoms with Crippen molar-refractivity contribution in [3.8, 4) is 11.4 Å². The number of carbonyl (C=O) groups is 1. The average molecular weight is 380 g/mol. The Morgan fingerprint density at radius 3 is 2.27 bits per heavy atom. The first-order chi connectivity index (χ1) is 12.3. The number of benzene rings is 1. The van der Waals surface area contributed by atoms with Gasteiger partial charge in [-0.2, -0.15) is 0 Å². The fraction of sp³-hybridized carbons (Fsp3) is 0.500. The largest absolute Gasteiger partial charge is 0.341 e. The van der Waals surface area contributed by atoms with Crippen LogP contribution in [0.4, 0.5) is 4.39 Å².